The van der Waals surface area contributed by atoms with Crippen LogP contribution in [0.2, 0.25) is 0 Å². The minimum Gasteiger partial charge on any atom is -0.206 e. The molecular weight excluding hydrogens is 334 g/mol. The smallest absolute Gasteiger partial charge is 0.206 e. The molecule has 1 aromatic carbocycles. The molecular formula is C16H19NO2S3. The van der Waals surface area contributed by atoms with Gasteiger partial charge in [-0.2, -0.15) is 16.1 Å². The molecule has 1 saturated heterocycles. The zero-order valence-corrected chi connectivity index (χ0v) is 14.9. The van der Waals surface area contributed by atoms with Crippen molar-refractivity contribution in [3.8, 4) is 0 Å². The molecule has 1 atom stereocenters. The topological polar surface area (TPSA) is 37.4 Å². The van der Waals surface area contributed by atoms with Gasteiger partial charge in [0.25, 0.3) is 10.0 Å². The molecule has 22 heavy (non-hydrogen) atoms. The third kappa shape index (κ3) is 3.40. The summed E-state index contributed by atoms with van der Waals surface area (Å²) in [4.78, 5) is 1.03. The SMILES string of the molecule is Cc1ccc(S(=O)(=O)N2CCSC(c3ccccc3)CC2)s1. The van der Waals surface area contributed by atoms with Crippen molar-refractivity contribution in [3.05, 3.63) is 52.9 Å². The van der Waals surface area contributed by atoms with Crippen LogP contribution in [-0.4, -0.2) is 31.6 Å². The minimum absolute atomic E-state index is 0.381. The maximum absolute atomic E-state index is 12.7. The lowest BCUT2D eigenvalue weighted by Crippen LogP contribution is -2.32. The van der Waals surface area contributed by atoms with Crippen LogP contribution in [0.4, 0.5) is 0 Å². The molecule has 0 bridgehead atoms. The highest BCUT2D eigenvalue weighted by molar-refractivity contribution is 7.99. The molecule has 3 rings (SSSR count). The van der Waals surface area contributed by atoms with Gasteiger partial charge in [-0.1, -0.05) is 30.3 Å². The van der Waals surface area contributed by atoms with Crippen LogP contribution in [0.5, 0.6) is 0 Å². The van der Waals surface area contributed by atoms with E-state index in [4.69, 9.17) is 0 Å². The number of thioether (sulfide) groups is 1. The van der Waals surface area contributed by atoms with Crippen LogP contribution in [0.15, 0.2) is 46.7 Å². The minimum atomic E-state index is -3.33. The van der Waals surface area contributed by atoms with E-state index in [-0.39, 0.29) is 0 Å². The first-order chi connectivity index (χ1) is 10.6. The lowest BCUT2D eigenvalue weighted by Gasteiger charge is -2.19. The Balaban J connectivity index is 1.75. The molecule has 2 aromatic rings. The zero-order chi connectivity index (χ0) is 15.6. The van der Waals surface area contributed by atoms with Crippen molar-refractivity contribution in [1.29, 1.82) is 0 Å². The van der Waals surface area contributed by atoms with Gasteiger partial charge in [-0.05, 0) is 31.0 Å². The predicted octanol–water partition coefficient (Wildman–Crippen LogP) is 3.93. The van der Waals surface area contributed by atoms with Crippen LogP contribution in [-0.2, 0) is 10.0 Å². The van der Waals surface area contributed by atoms with E-state index in [1.807, 2.05) is 43.0 Å². The summed E-state index contributed by atoms with van der Waals surface area (Å²) < 4.78 is 27.6. The fourth-order valence-electron chi connectivity index (χ4n) is 2.60. The second-order valence-electron chi connectivity index (χ2n) is 5.33. The third-order valence-corrected chi connectivity index (χ3v) is 8.48. The average molecular weight is 354 g/mol. The second kappa shape index (κ2) is 6.74. The van der Waals surface area contributed by atoms with Gasteiger partial charge >= 0.3 is 0 Å². The normalized spacial score (nSPS) is 20.7. The van der Waals surface area contributed by atoms with E-state index in [1.165, 1.54) is 16.9 Å². The van der Waals surface area contributed by atoms with Crippen LogP contribution < -0.4 is 0 Å². The Bertz CT molecular complexity index is 725. The van der Waals surface area contributed by atoms with E-state index < -0.39 is 10.0 Å². The molecule has 1 aliphatic rings. The number of hydrogen-bond donors (Lipinski definition) is 0. The molecule has 1 unspecified atom stereocenters. The van der Waals surface area contributed by atoms with Crippen LogP contribution in [0.3, 0.4) is 0 Å². The van der Waals surface area contributed by atoms with E-state index >= 15 is 0 Å². The Hall–Kier alpha value is -0.820. The summed E-state index contributed by atoms with van der Waals surface area (Å²) in [6.07, 6.45) is 0.859. The summed E-state index contributed by atoms with van der Waals surface area (Å²) in [6.45, 7) is 3.12. The number of benzene rings is 1. The largest absolute Gasteiger partial charge is 0.252 e. The number of rotatable bonds is 3. The number of hydrogen-bond acceptors (Lipinski definition) is 4. The molecule has 6 heteroatoms. The van der Waals surface area contributed by atoms with Crippen molar-refractivity contribution >= 4 is 33.1 Å². The molecule has 0 spiro atoms. The number of nitrogens with zero attached hydrogens (tertiary/aromatic N) is 1. The molecule has 0 N–H and O–H groups in total. The molecule has 3 nitrogen and oxygen atoms in total. The number of aryl methyl sites for hydroxylation is 1. The van der Waals surface area contributed by atoms with Crippen LogP contribution in [0.25, 0.3) is 0 Å². The number of sulfonamides is 1. The molecule has 1 aromatic heterocycles. The summed E-state index contributed by atoms with van der Waals surface area (Å²) in [7, 11) is -3.33. The van der Waals surface area contributed by atoms with Gasteiger partial charge in [0.1, 0.15) is 4.21 Å². The van der Waals surface area contributed by atoms with E-state index in [0.717, 1.165) is 17.1 Å². The Morgan fingerprint density at radius 1 is 1.09 bits per heavy atom. The molecule has 0 aliphatic carbocycles. The lowest BCUT2D eigenvalue weighted by atomic mass is 10.1. The fourth-order valence-corrected chi connectivity index (χ4v) is 6.84. The van der Waals surface area contributed by atoms with Crippen molar-refractivity contribution in [3.63, 3.8) is 0 Å². The fraction of sp³-hybridized carbons (Fsp3) is 0.375. The van der Waals surface area contributed by atoms with E-state index in [9.17, 15) is 8.42 Å². The quantitative estimate of drug-likeness (QED) is 0.839. The third-order valence-electron chi connectivity index (χ3n) is 3.78. The zero-order valence-electron chi connectivity index (χ0n) is 12.4. The van der Waals surface area contributed by atoms with E-state index in [2.05, 4.69) is 12.1 Å². The van der Waals surface area contributed by atoms with Crippen LogP contribution in [0.1, 0.15) is 22.1 Å². The summed E-state index contributed by atoms with van der Waals surface area (Å²) >= 11 is 3.21. The Morgan fingerprint density at radius 3 is 2.55 bits per heavy atom. The highest BCUT2D eigenvalue weighted by Gasteiger charge is 2.29. The maximum Gasteiger partial charge on any atom is 0.252 e. The van der Waals surface area contributed by atoms with Crippen molar-refractivity contribution in [2.45, 2.75) is 22.8 Å². The van der Waals surface area contributed by atoms with Gasteiger partial charge in [0.15, 0.2) is 0 Å². The molecule has 0 saturated carbocycles. The van der Waals surface area contributed by atoms with Gasteiger partial charge in [-0.15, -0.1) is 11.3 Å². The van der Waals surface area contributed by atoms with Crippen LogP contribution in [0, 0.1) is 6.92 Å². The summed E-state index contributed by atoms with van der Waals surface area (Å²) in [5, 5.41) is 0.381. The van der Waals surface area contributed by atoms with Gasteiger partial charge in [0.05, 0.1) is 0 Å². The predicted molar refractivity (Wildman–Crippen MR) is 94.1 cm³/mol. The molecule has 0 amide bonds. The van der Waals surface area contributed by atoms with E-state index in [1.54, 1.807) is 10.4 Å². The molecule has 118 valence electrons. The van der Waals surface area contributed by atoms with Gasteiger partial charge in [-0.3, -0.25) is 0 Å². The van der Waals surface area contributed by atoms with Crippen LogP contribution >= 0.6 is 23.1 Å². The molecule has 2 heterocycles. The van der Waals surface area contributed by atoms with Crippen molar-refractivity contribution in [2.24, 2.45) is 0 Å². The first-order valence-electron chi connectivity index (χ1n) is 7.30. The first-order valence-corrected chi connectivity index (χ1v) is 10.6. The lowest BCUT2D eigenvalue weighted by molar-refractivity contribution is 0.429. The summed E-state index contributed by atoms with van der Waals surface area (Å²) in [5.74, 6) is 0.836. The average Bonchev–Trinajstić information content (AvgIpc) is 2.82. The number of thiophene rings is 1. The van der Waals surface area contributed by atoms with E-state index in [0.29, 0.717) is 22.5 Å². The standard InChI is InChI=1S/C16H19NO2S3/c1-13-7-8-16(21-13)22(18,19)17-10-9-15(20-12-11-17)14-5-3-2-4-6-14/h2-8,15H,9-12H2,1H3. The summed E-state index contributed by atoms with van der Waals surface area (Å²) in [6, 6.07) is 14.0. The van der Waals surface area contributed by atoms with Gasteiger partial charge in [-0.25, -0.2) is 8.42 Å². The van der Waals surface area contributed by atoms with Gasteiger partial charge in [0, 0.05) is 29.0 Å². The van der Waals surface area contributed by atoms with Crippen molar-refractivity contribution < 1.29 is 8.42 Å². The highest BCUT2D eigenvalue weighted by atomic mass is 32.2. The van der Waals surface area contributed by atoms with Gasteiger partial charge < -0.3 is 0 Å². The monoisotopic (exact) mass is 353 g/mol. The molecule has 1 fully saturated rings. The maximum atomic E-state index is 12.7. The Labute approximate surface area is 140 Å². The molecule has 1 aliphatic heterocycles. The Morgan fingerprint density at radius 2 is 1.86 bits per heavy atom. The summed E-state index contributed by atoms with van der Waals surface area (Å²) in [5.41, 5.74) is 1.29. The molecule has 0 radical (unpaired) electrons. The Kier molecular flexibility index (Phi) is 4.92. The highest BCUT2D eigenvalue weighted by Crippen LogP contribution is 2.36. The van der Waals surface area contributed by atoms with Crippen molar-refractivity contribution in [2.75, 3.05) is 18.8 Å². The van der Waals surface area contributed by atoms with Crippen molar-refractivity contribution in [1.82, 2.24) is 4.31 Å². The van der Waals surface area contributed by atoms with Gasteiger partial charge in [0.2, 0.25) is 0 Å². The second-order valence-corrected chi connectivity index (χ2v) is 10.1. The first kappa shape index (κ1) is 16.1.